The van der Waals surface area contributed by atoms with E-state index in [0.29, 0.717) is 5.69 Å². The molecule has 0 spiro atoms. The summed E-state index contributed by atoms with van der Waals surface area (Å²) >= 11 is 0. The zero-order valence-electron chi connectivity index (χ0n) is 12.9. The Hall–Kier alpha value is -2.47. The van der Waals surface area contributed by atoms with Gasteiger partial charge in [0.25, 0.3) is 0 Å². The van der Waals surface area contributed by atoms with Crippen molar-refractivity contribution >= 4 is 22.7 Å². The lowest BCUT2D eigenvalue weighted by molar-refractivity contribution is 0.731. The van der Waals surface area contributed by atoms with Gasteiger partial charge >= 0.3 is 0 Å². The molecule has 0 aliphatic carbocycles. The Morgan fingerprint density at radius 2 is 1.62 bits per heavy atom. The predicted molar refractivity (Wildman–Crippen MR) is 88.6 cm³/mol. The van der Waals surface area contributed by atoms with Crippen molar-refractivity contribution in [2.75, 3.05) is 16.8 Å². The van der Waals surface area contributed by atoms with Crippen LogP contribution in [-0.2, 0) is 0 Å². The molecule has 2 aromatic rings. The van der Waals surface area contributed by atoms with Crippen LogP contribution in [0.25, 0.3) is 4.85 Å². The van der Waals surface area contributed by atoms with E-state index in [-0.39, 0.29) is 6.17 Å². The lowest BCUT2D eigenvalue weighted by Gasteiger charge is -2.30. The van der Waals surface area contributed by atoms with Gasteiger partial charge in [-0.1, -0.05) is 30.3 Å². The molecule has 0 amide bonds. The average molecular weight is 277 g/mol. The van der Waals surface area contributed by atoms with Gasteiger partial charge in [-0.25, -0.2) is 4.85 Å². The molecule has 0 saturated heterocycles. The minimum Gasteiger partial charge on any atom is -0.354 e. The summed E-state index contributed by atoms with van der Waals surface area (Å²) in [6.07, 6.45) is 0.197. The summed E-state index contributed by atoms with van der Waals surface area (Å²) in [6.45, 7) is 13.9. The fourth-order valence-corrected chi connectivity index (χ4v) is 3.19. The minimum absolute atomic E-state index is 0.197. The first-order valence-electron chi connectivity index (χ1n) is 7.15. The Morgan fingerprint density at radius 1 is 1.00 bits per heavy atom. The number of benzene rings is 2. The van der Waals surface area contributed by atoms with E-state index < -0.39 is 0 Å². The number of hydrogen-bond donors (Lipinski definition) is 0. The van der Waals surface area contributed by atoms with Crippen LogP contribution >= 0.6 is 0 Å². The molecule has 3 rings (SSSR count). The Morgan fingerprint density at radius 3 is 2.24 bits per heavy atom. The quantitative estimate of drug-likeness (QED) is 0.694. The lowest BCUT2D eigenvalue weighted by Crippen LogP contribution is -2.36. The van der Waals surface area contributed by atoms with Crippen molar-refractivity contribution in [1.29, 1.82) is 0 Å². The molecule has 0 N–H and O–H groups in total. The molecule has 21 heavy (non-hydrogen) atoms. The highest BCUT2D eigenvalue weighted by Crippen LogP contribution is 2.50. The SMILES string of the molecule is [C-]#[N+]c1cccc2c1N(c1c(C)cccc1C)[C@@H](C)N2C. The fraction of sp³-hybridized carbons (Fsp3) is 0.278. The summed E-state index contributed by atoms with van der Waals surface area (Å²) in [7, 11) is 2.09. The number of para-hydroxylation sites is 2. The van der Waals surface area contributed by atoms with Gasteiger partial charge in [0.2, 0.25) is 5.69 Å². The van der Waals surface area contributed by atoms with Gasteiger partial charge < -0.3 is 9.80 Å². The van der Waals surface area contributed by atoms with Crippen LogP contribution in [0, 0.1) is 20.4 Å². The molecule has 0 unspecified atom stereocenters. The van der Waals surface area contributed by atoms with Crippen LogP contribution in [0.1, 0.15) is 18.1 Å². The number of hydrogen-bond acceptors (Lipinski definition) is 2. The second-order valence-electron chi connectivity index (χ2n) is 5.61. The molecule has 0 bridgehead atoms. The maximum atomic E-state index is 7.48. The smallest absolute Gasteiger partial charge is 0.212 e. The zero-order chi connectivity index (χ0) is 15.1. The van der Waals surface area contributed by atoms with E-state index in [4.69, 9.17) is 6.57 Å². The lowest BCUT2D eigenvalue weighted by atomic mass is 10.1. The summed E-state index contributed by atoms with van der Waals surface area (Å²) in [4.78, 5) is 8.26. The highest BCUT2D eigenvalue weighted by Gasteiger charge is 2.34. The van der Waals surface area contributed by atoms with E-state index in [2.05, 4.69) is 66.7 Å². The third kappa shape index (κ3) is 1.87. The topological polar surface area (TPSA) is 10.8 Å². The summed E-state index contributed by atoms with van der Waals surface area (Å²) in [5, 5.41) is 0. The molecular weight excluding hydrogens is 258 g/mol. The Bertz CT molecular complexity index is 722. The van der Waals surface area contributed by atoms with Crippen LogP contribution in [-0.4, -0.2) is 13.2 Å². The van der Waals surface area contributed by atoms with Crippen molar-refractivity contribution in [3.63, 3.8) is 0 Å². The van der Waals surface area contributed by atoms with Gasteiger partial charge in [-0.2, -0.15) is 0 Å². The van der Waals surface area contributed by atoms with Gasteiger partial charge in [0, 0.05) is 12.7 Å². The highest BCUT2D eigenvalue weighted by atomic mass is 15.4. The molecule has 3 nitrogen and oxygen atoms in total. The largest absolute Gasteiger partial charge is 0.354 e. The van der Waals surface area contributed by atoms with Gasteiger partial charge in [0.05, 0.1) is 17.9 Å². The number of aryl methyl sites for hydroxylation is 2. The molecule has 1 atom stereocenters. The molecule has 0 aromatic heterocycles. The van der Waals surface area contributed by atoms with E-state index in [1.54, 1.807) is 0 Å². The molecule has 1 aliphatic heterocycles. The first-order valence-corrected chi connectivity index (χ1v) is 7.15. The van der Waals surface area contributed by atoms with Gasteiger partial charge in [-0.15, -0.1) is 0 Å². The van der Waals surface area contributed by atoms with Crippen molar-refractivity contribution in [1.82, 2.24) is 0 Å². The molecule has 3 heteroatoms. The maximum absolute atomic E-state index is 7.48. The molecular formula is C18H19N3. The van der Waals surface area contributed by atoms with Crippen molar-refractivity contribution in [2.45, 2.75) is 26.9 Å². The molecule has 106 valence electrons. The van der Waals surface area contributed by atoms with Crippen molar-refractivity contribution in [3.05, 3.63) is 58.9 Å². The van der Waals surface area contributed by atoms with E-state index in [1.807, 2.05) is 12.1 Å². The molecule has 0 fully saturated rings. The normalized spacial score (nSPS) is 16.8. The predicted octanol–water partition coefficient (Wildman–Crippen LogP) is 4.79. The van der Waals surface area contributed by atoms with E-state index in [1.165, 1.54) is 16.8 Å². The third-order valence-corrected chi connectivity index (χ3v) is 4.35. The average Bonchev–Trinajstić information content (AvgIpc) is 2.72. The van der Waals surface area contributed by atoms with Crippen molar-refractivity contribution in [2.24, 2.45) is 0 Å². The number of rotatable bonds is 1. The molecule has 1 aliphatic rings. The van der Waals surface area contributed by atoms with E-state index >= 15 is 0 Å². The van der Waals surface area contributed by atoms with Crippen LogP contribution in [0.4, 0.5) is 22.7 Å². The Balaban J connectivity index is 2.30. The Kier molecular flexibility index (Phi) is 3.10. The van der Waals surface area contributed by atoms with E-state index in [0.717, 1.165) is 11.4 Å². The molecule has 0 saturated carbocycles. The van der Waals surface area contributed by atoms with Crippen LogP contribution < -0.4 is 9.80 Å². The summed E-state index contributed by atoms with van der Waals surface area (Å²) in [5.74, 6) is 0. The summed E-state index contributed by atoms with van der Waals surface area (Å²) < 4.78 is 0. The maximum Gasteiger partial charge on any atom is 0.212 e. The van der Waals surface area contributed by atoms with Crippen LogP contribution in [0.2, 0.25) is 0 Å². The molecule has 2 aromatic carbocycles. The first kappa shape index (κ1) is 13.5. The number of fused-ring (bicyclic) bond motifs is 1. The minimum atomic E-state index is 0.197. The van der Waals surface area contributed by atoms with Crippen LogP contribution in [0.3, 0.4) is 0 Å². The van der Waals surface area contributed by atoms with Gasteiger partial charge in [0.15, 0.2) is 0 Å². The number of nitrogens with zero attached hydrogens (tertiary/aromatic N) is 3. The standard InChI is InChI=1S/C18H19N3/c1-12-8-6-9-13(2)17(12)21-14(3)20(5)16-11-7-10-15(19-4)18(16)21/h6-11,14H,1-3,5H3/t14-/m0/s1. The third-order valence-electron chi connectivity index (χ3n) is 4.35. The fourth-order valence-electron chi connectivity index (χ4n) is 3.19. The second kappa shape index (κ2) is 4.82. The number of anilines is 3. The van der Waals surface area contributed by atoms with Crippen molar-refractivity contribution < 1.29 is 0 Å². The second-order valence-corrected chi connectivity index (χ2v) is 5.61. The zero-order valence-corrected chi connectivity index (χ0v) is 12.9. The summed E-state index contributed by atoms with van der Waals surface area (Å²) in [6, 6.07) is 12.3. The van der Waals surface area contributed by atoms with Crippen molar-refractivity contribution in [3.8, 4) is 0 Å². The molecule has 0 radical (unpaired) electrons. The van der Waals surface area contributed by atoms with Crippen LogP contribution in [0.5, 0.6) is 0 Å². The molecule has 1 heterocycles. The van der Waals surface area contributed by atoms with E-state index in [9.17, 15) is 0 Å². The Labute approximate surface area is 126 Å². The van der Waals surface area contributed by atoms with Gasteiger partial charge in [-0.05, 0) is 38.0 Å². The van der Waals surface area contributed by atoms with Gasteiger partial charge in [-0.3, -0.25) is 0 Å². The summed E-state index contributed by atoms with van der Waals surface area (Å²) in [5.41, 5.74) is 6.56. The monoisotopic (exact) mass is 277 g/mol. The van der Waals surface area contributed by atoms with Crippen LogP contribution in [0.15, 0.2) is 36.4 Å². The van der Waals surface area contributed by atoms with Gasteiger partial charge in [0.1, 0.15) is 6.17 Å². The first-order chi connectivity index (χ1) is 10.1. The highest BCUT2D eigenvalue weighted by molar-refractivity contribution is 5.93.